The van der Waals surface area contributed by atoms with Crippen LogP contribution in [0.3, 0.4) is 0 Å². The van der Waals surface area contributed by atoms with Crippen LogP contribution in [0.4, 0.5) is 20.7 Å². The highest BCUT2D eigenvalue weighted by Gasteiger charge is 2.26. The molecule has 1 aliphatic rings. The first-order valence-electron chi connectivity index (χ1n) is 7.45. The first-order chi connectivity index (χ1) is 11.7. The smallest absolute Gasteiger partial charge is 0.319 e. The first kappa shape index (κ1) is 15.7. The number of halogens is 1. The largest absolute Gasteiger partial charge is 0.352 e. The molecule has 1 aromatic heterocycles. The third-order valence-corrected chi connectivity index (χ3v) is 3.71. The van der Waals surface area contributed by atoms with Gasteiger partial charge in [-0.25, -0.2) is 19.2 Å². The molecule has 1 saturated heterocycles. The van der Waals surface area contributed by atoms with Gasteiger partial charge in [-0.1, -0.05) is 0 Å². The van der Waals surface area contributed by atoms with Crippen molar-refractivity contribution in [1.82, 2.24) is 15.3 Å². The lowest BCUT2D eigenvalue weighted by Crippen LogP contribution is -2.39. The van der Waals surface area contributed by atoms with Gasteiger partial charge in [0, 0.05) is 37.2 Å². The lowest BCUT2D eigenvalue weighted by Gasteiger charge is -2.18. The van der Waals surface area contributed by atoms with Crippen molar-refractivity contribution in [3.05, 3.63) is 48.2 Å². The van der Waals surface area contributed by atoms with Gasteiger partial charge in [0.05, 0.1) is 0 Å². The highest BCUT2D eigenvalue weighted by Crippen LogP contribution is 2.20. The second-order valence-electron chi connectivity index (χ2n) is 5.38. The number of aromatic nitrogens is 2. The van der Waals surface area contributed by atoms with E-state index in [1.165, 1.54) is 36.7 Å². The van der Waals surface area contributed by atoms with E-state index < -0.39 is 0 Å². The Morgan fingerprint density at radius 1 is 1.29 bits per heavy atom. The Labute approximate surface area is 138 Å². The minimum absolute atomic E-state index is 0.0704. The number of nitriles is 1. The van der Waals surface area contributed by atoms with Gasteiger partial charge >= 0.3 is 6.03 Å². The van der Waals surface area contributed by atoms with Crippen molar-refractivity contribution >= 4 is 17.5 Å². The zero-order valence-corrected chi connectivity index (χ0v) is 12.7. The Morgan fingerprint density at radius 2 is 2.04 bits per heavy atom. The Morgan fingerprint density at radius 3 is 2.79 bits per heavy atom. The van der Waals surface area contributed by atoms with Crippen LogP contribution < -0.4 is 15.5 Å². The van der Waals surface area contributed by atoms with Crippen LogP contribution in [0.5, 0.6) is 0 Å². The number of urea groups is 1. The summed E-state index contributed by atoms with van der Waals surface area (Å²) in [7, 11) is 0. The lowest BCUT2D eigenvalue weighted by atomic mass is 10.3. The van der Waals surface area contributed by atoms with Crippen LogP contribution in [0.1, 0.15) is 12.1 Å². The minimum atomic E-state index is -0.357. The van der Waals surface area contributed by atoms with Crippen LogP contribution in [0, 0.1) is 17.1 Å². The standard InChI is InChI=1S/C16H15FN6O/c17-11-1-3-12(4-2-11)21-16(24)22-13-5-8-23(10-13)15-14(9-18)19-6-7-20-15/h1-4,6-7,13H,5,8,10H2,(H2,21,22,24). The molecule has 0 spiro atoms. The number of carbonyl (C=O) groups is 1. The van der Waals surface area contributed by atoms with Crippen molar-refractivity contribution < 1.29 is 9.18 Å². The number of hydrogen-bond donors (Lipinski definition) is 2. The van der Waals surface area contributed by atoms with E-state index in [9.17, 15) is 9.18 Å². The van der Waals surface area contributed by atoms with Crippen molar-refractivity contribution in [2.45, 2.75) is 12.5 Å². The molecule has 0 aliphatic carbocycles. The van der Waals surface area contributed by atoms with Crippen LogP contribution in [-0.4, -0.2) is 35.1 Å². The van der Waals surface area contributed by atoms with Crippen LogP contribution in [-0.2, 0) is 0 Å². The van der Waals surface area contributed by atoms with Gasteiger partial charge in [0.25, 0.3) is 0 Å². The minimum Gasteiger partial charge on any atom is -0.352 e. The average Bonchev–Trinajstić information content (AvgIpc) is 3.05. The number of amides is 2. The molecule has 3 rings (SSSR count). The second kappa shape index (κ2) is 6.91. The predicted molar refractivity (Wildman–Crippen MR) is 85.9 cm³/mol. The monoisotopic (exact) mass is 326 g/mol. The number of nitrogens with one attached hydrogen (secondary N) is 2. The summed E-state index contributed by atoms with van der Waals surface area (Å²) in [5.74, 6) is 0.174. The summed E-state index contributed by atoms with van der Waals surface area (Å²) in [6.07, 6.45) is 3.75. The van der Waals surface area contributed by atoms with Crippen molar-refractivity contribution in [3.63, 3.8) is 0 Å². The summed E-state index contributed by atoms with van der Waals surface area (Å²) in [5.41, 5.74) is 0.790. The Hall–Kier alpha value is -3.21. The first-order valence-corrected chi connectivity index (χ1v) is 7.45. The van der Waals surface area contributed by atoms with E-state index in [0.29, 0.717) is 24.6 Å². The van der Waals surface area contributed by atoms with E-state index in [1.807, 2.05) is 11.0 Å². The average molecular weight is 326 g/mol. The quantitative estimate of drug-likeness (QED) is 0.898. The highest BCUT2D eigenvalue weighted by molar-refractivity contribution is 5.89. The van der Waals surface area contributed by atoms with E-state index in [0.717, 1.165) is 6.42 Å². The number of benzene rings is 1. The van der Waals surface area contributed by atoms with Gasteiger partial charge in [0.1, 0.15) is 11.9 Å². The molecule has 1 atom stereocenters. The Kier molecular flexibility index (Phi) is 4.52. The summed E-state index contributed by atoms with van der Waals surface area (Å²) >= 11 is 0. The molecular formula is C16H15FN6O. The fourth-order valence-electron chi connectivity index (χ4n) is 2.60. The highest BCUT2D eigenvalue weighted by atomic mass is 19.1. The number of anilines is 2. The molecule has 24 heavy (non-hydrogen) atoms. The maximum atomic E-state index is 12.8. The molecule has 1 aromatic carbocycles. The van der Waals surface area contributed by atoms with Crippen molar-refractivity contribution in [2.75, 3.05) is 23.3 Å². The maximum Gasteiger partial charge on any atom is 0.319 e. The van der Waals surface area contributed by atoms with Gasteiger partial charge in [-0.15, -0.1) is 0 Å². The Bertz CT molecular complexity index is 773. The van der Waals surface area contributed by atoms with E-state index in [4.69, 9.17) is 5.26 Å². The molecule has 2 aromatic rings. The van der Waals surface area contributed by atoms with E-state index in [-0.39, 0.29) is 23.6 Å². The van der Waals surface area contributed by atoms with Gasteiger partial charge in [0.2, 0.25) is 0 Å². The number of hydrogen-bond acceptors (Lipinski definition) is 5. The molecule has 7 nitrogen and oxygen atoms in total. The number of rotatable bonds is 3. The summed E-state index contributed by atoms with van der Waals surface area (Å²) in [6, 6.07) is 7.15. The van der Waals surface area contributed by atoms with Crippen molar-refractivity contribution in [1.29, 1.82) is 5.26 Å². The van der Waals surface area contributed by atoms with Gasteiger partial charge in [0.15, 0.2) is 11.5 Å². The van der Waals surface area contributed by atoms with Crippen molar-refractivity contribution in [2.24, 2.45) is 0 Å². The van der Waals surface area contributed by atoms with E-state index >= 15 is 0 Å². The summed E-state index contributed by atoms with van der Waals surface area (Å²) in [5, 5.41) is 14.6. The molecule has 2 N–H and O–H groups in total. The molecule has 2 heterocycles. The molecule has 1 aliphatic heterocycles. The summed E-state index contributed by atoms with van der Waals surface area (Å²) < 4.78 is 12.8. The second-order valence-corrected chi connectivity index (χ2v) is 5.38. The molecule has 1 unspecified atom stereocenters. The molecule has 8 heteroatoms. The molecule has 122 valence electrons. The van der Waals surface area contributed by atoms with Gasteiger partial charge in [-0.2, -0.15) is 5.26 Å². The fraction of sp³-hybridized carbons (Fsp3) is 0.250. The summed E-state index contributed by atoms with van der Waals surface area (Å²) in [6.45, 7) is 1.22. The van der Waals surface area contributed by atoms with Crippen LogP contribution in [0.2, 0.25) is 0 Å². The molecule has 2 amide bonds. The number of carbonyl (C=O) groups excluding carboxylic acids is 1. The third kappa shape index (κ3) is 3.57. The van der Waals surface area contributed by atoms with E-state index in [2.05, 4.69) is 20.6 Å². The van der Waals surface area contributed by atoms with Crippen LogP contribution in [0.15, 0.2) is 36.7 Å². The molecule has 0 saturated carbocycles. The zero-order chi connectivity index (χ0) is 16.9. The molecular weight excluding hydrogens is 311 g/mol. The van der Waals surface area contributed by atoms with E-state index in [1.54, 1.807) is 0 Å². The summed E-state index contributed by atoms with van der Waals surface area (Å²) in [4.78, 5) is 22.1. The van der Waals surface area contributed by atoms with Crippen LogP contribution in [0.25, 0.3) is 0 Å². The molecule has 1 fully saturated rings. The van der Waals surface area contributed by atoms with Gasteiger partial charge in [-0.3, -0.25) is 0 Å². The third-order valence-electron chi connectivity index (χ3n) is 3.71. The molecule has 0 radical (unpaired) electrons. The predicted octanol–water partition coefficient (Wildman–Crippen LogP) is 1.89. The fourth-order valence-corrected chi connectivity index (χ4v) is 2.60. The Balaban J connectivity index is 1.57. The topological polar surface area (TPSA) is 93.9 Å². The zero-order valence-electron chi connectivity index (χ0n) is 12.7. The normalized spacial score (nSPS) is 16.5. The van der Waals surface area contributed by atoms with Crippen molar-refractivity contribution in [3.8, 4) is 6.07 Å². The molecule has 0 bridgehead atoms. The number of nitrogens with zero attached hydrogens (tertiary/aromatic N) is 4. The van der Waals surface area contributed by atoms with Crippen LogP contribution >= 0.6 is 0 Å². The lowest BCUT2D eigenvalue weighted by molar-refractivity contribution is 0.249. The SMILES string of the molecule is N#Cc1nccnc1N1CCC(NC(=O)Nc2ccc(F)cc2)C1. The van der Waals surface area contributed by atoms with Gasteiger partial charge < -0.3 is 15.5 Å². The maximum absolute atomic E-state index is 12.8. The van der Waals surface area contributed by atoms with Gasteiger partial charge in [-0.05, 0) is 30.7 Å².